The first-order chi connectivity index (χ1) is 11.2. The Morgan fingerprint density at radius 2 is 1.87 bits per heavy atom. The molecule has 0 saturated carbocycles. The van der Waals surface area contributed by atoms with Crippen LogP contribution in [0.15, 0.2) is 18.2 Å². The lowest BCUT2D eigenvalue weighted by atomic mass is 10.2. The van der Waals surface area contributed by atoms with E-state index in [-0.39, 0.29) is 5.91 Å². The van der Waals surface area contributed by atoms with E-state index in [0.717, 1.165) is 12.1 Å². The molecule has 0 atom stereocenters. The summed E-state index contributed by atoms with van der Waals surface area (Å²) >= 11 is 0. The number of carbonyl (C=O) groups is 2. The number of carbonyl (C=O) groups excluding carboxylic acids is 2. The van der Waals surface area contributed by atoms with E-state index in [0.29, 0.717) is 50.6 Å². The number of rotatable bonds is 7. The van der Waals surface area contributed by atoms with Gasteiger partial charge in [0.2, 0.25) is 12.3 Å². The Morgan fingerprint density at radius 3 is 2.48 bits per heavy atom. The molecule has 0 radical (unpaired) electrons. The summed E-state index contributed by atoms with van der Waals surface area (Å²) in [7, 11) is 3.18. The molecule has 1 saturated heterocycles. The van der Waals surface area contributed by atoms with Crippen molar-refractivity contribution >= 4 is 18.0 Å². The Hall–Kier alpha value is -2.44. The number of methoxy groups -OCH3 is 2. The van der Waals surface area contributed by atoms with Gasteiger partial charge in [0.25, 0.3) is 0 Å². The molecule has 0 aromatic heterocycles. The van der Waals surface area contributed by atoms with Gasteiger partial charge < -0.3 is 24.6 Å². The molecule has 7 heteroatoms. The molecular formula is C16H23N3O4. The molecule has 126 valence electrons. The number of nitrogens with one attached hydrogen (secondary N) is 1. The first-order valence-electron chi connectivity index (χ1n) is 7.61. The van der Waals surface area contributed by atoms with E-state index in [2.05, 4.69) is 5.32 Å². The molecule has 2 rings (SSSR count). The monoisotopic (exact) mass is 321 g/mol. The van der Waals surface area contributed by atoms with Gasteiger partial charge in [-0.1, -0.05) is 0 Å². The smallest absolute Gasteiger partial charge is 0.224 e. The van der Waals surface area contributed by atoms with Crippen molar-refractivity contribution in [1.29, 1.82) is 0 Å². The maximum absolute atomic E-state index is 12.1. The minimum Gasteiger partial charge on any atom is -0.493 e. The second-order valence-electron chi connectivity index (χ2n) is 5.27. The third-order valence-electron chi connectivity index (χ3n) is 3.87. The van der Waals surface area contributed by atoms with Crippen molar-refractivity contribution in [3.05, 3.63) is 18.2 Å². The Morgan fingerprint density at radius 1 is 1.17 bits per heavy atom. The SMILES string of the molecule is COc1ccc(NCCC(=O)N2CCN(C=O)CC2)cc1OC. The zero-order chi connectivity index (χ0) is 16.7. The minimum absolute atomic E-state index is 0.100. The summed E-state index contributed by atoms with van der Waals surface area (Å²) in [5, 5.41) is 3.21. The molecule has 2 amide bonds. The van der Waals surface area contributed by atoms with Gasteiger partial charge in [-0.05, 0) is 12.1 Å². The van der Waals surface area contributed by atoms with Crippen molar-refractivity contribution in [2.45, 2.75) is 6.42 Å². The number of hydrogen-bond donors (Lipinski definition) is 1. The standard InChI is InChI=1S/C16H23N3O4/c1-22-14-4-3-13(11-15(14)23-2)17-6-5-16(21)19-9-7-18(12-20)8-10-19/h3-4,11-12,17H,5-10H2,1-2H3. The molecule has 1 N–H and O–H groups in total. The van der Waals surface area contributed by atoms with Gasteiger partial charge in [-0.3, -0.25) is 9.59 Å². The zero-order valence-electron chi connectivity index (χ0n) is 13.6. The predicted molar refractivity (Wildman–Crippen MR) is 86.9 cm³/mol. The highest BCUT2D eigenvalue weighted by Gasteiger charge is 2.19. The van der Waals surface area contributed by atoms with Crippen LogP contribution >= 0.6 is 0 Å². The molecule has 23 heavy (non-hydrogen) atoms. The van der Waals surface area contributed by atoms with Gasteiger partial charge >= 0.3 is 0 Å². The average Bonchev–Trinajstić information content (AvgIpc) is 2.61. The zero-order valence-corrected chi connectivity index (χ0v) is 13.6. The van der Waals surface area contributed by atoms with Gasteiger partial charge in [0.1, 0.15) is 0 Å². The maximum atomic E-state index is 12.1. The van der Waals surface area contributed by atoms with Crippen molar-refractivity contribution in [3.63, 3.8) is 0 Å². The number of benzene rings is 1. The third kappa shape index (κ3) is 4.51. The van der Waals surface area contributed by atoms with Crippen LogP contribution in [-0.4, -0.2) is 69.1 Å². The molecule has 1 aromatic carbocycles. The number of nitrogens with zero attached hydrogens (tertiary/aromatic N) is 2. The Balaban J connectivity index is 1.78. The van der Waals surface area contributed by atoms with E-state index in [1.807, 2.05) is 18.2 Å². The summed E-state index contributed by atoms with van der Waals surface area (Å²) in [5.41, 5.74) is 0.876. The second-order valence-corrected chi connectivity index (χ2v) is 5.27. The highest BCUT2D eigenvalue weighted by atomic mass is 16.5. The average molecular weight is 321 g/mol. The third-order valence-corrected chi connectivity index (χ3v) is 3.87. The highest BCUT2D eigenvalue weighted by Crippen LogP contribution is 2.29. The fraction of sp³-hybridized carbons (Fsp3) is 0.500. The Kier molecular flexibility index (Phi) is 6.08. The van der Waals surface area contributed by atoms with Crippen molar-refractivity contribution < 1.29 is 19.1 Å². The molecule has 7 nitrogen and oxygen atoms in total. The van der Waals surface area contributed by atoms with Crippen molar-refractivity contribution in [2.24, 2.45) is 0 Å². The van der Waals surface area contributed by atoms with Gasteiger partial charge in [-0.25, -0.2) is 0 Å². The number of anilines is 1. The Labute approximate surface area is 136 Å². The van der Waals surface area contributed by atoms with Crippen LogP contribution in [0.4, 0.5) is 5.69 Å². The summed E-state index contributed by atoms with van der Waals surface area (Å²) in [5.74, 6) is 1.42. The van der Waals surface area contributed by atoms with Crippen LogP contribution in [0.25, 0.3) is 0 Å². The van der Waals surface area contributed by atoms with E-state index in [4.69, 9.17) is 9.47 Å². The summed E-state index contributed by atoms with van der Waals surface area (Å²) in [6.07, 6.45) is 1.25. The maximum Gasteiger partial charge on any atom is 0.224 e. The fourth-order valence-electron chi connectivity index (χ4n) is 2.49. The van der Waals surface area contributed by atoms with Crippen molar-refractivity contribution in [1.82, 2.24) is 9.80 Å². The topological polar surface area (TPSA) is 71.1 Å². The van der Waals surface area contributed by atoms with E-state index in [1.165, 1.54) is 0 Å². The summed E-state index contributed by atoms with van der Waals surface area (Å²) in [6, 6.07) is 5.54. The second kappa shape index (κ2) is 8.26. The largest absolute Gasteiger partial charge is 0.493 e. The van der Waals surface area contributed by atoms with Gasteiger partial charge in [0.15, 0.2) is 11.5 Å². The quantitative estimate of drug-likeness (QED) is 0.753. The molecule has 0 bridgehead atoms. The van der Waals surface area contributed by atoms with Gasteiger partial charge in [-0.15, -0.1) is 0 Å². The first-order valence-corrected chi connectivity index (χ1v) is 7.61. The molecule has 1 fully saturated rings. The molecule has 0 spiro atoms. The first kappa shape index (κ1) is 16.9. The lowest BCUT2D eigenvalue weighted by Gasteiger charge is -2.32. The van der Waals surface area contributed by atoms with E-state index in [9.17, 15) is 9.59 Å². The normalized spacial score (nSPS) is 14.3. The van der Waals surface area contributed by atoms with Crippen LogP contribution in [0, 0.1) is 0 Å². The molecular weight excluding hydrogens is 298 g/mol. The van der Waals surface area contributed by atoms with Crippen LogP contribution in [0.2, 0.25) is 0 Å². The molecule has 0 unspecified atom stereocenters. The van der Waals surface area contributed by atoms with Crippen LogP contribution in [0.5, 0.6) is 11.5 Å². The van der Waals surface area contributed by atoms with Crippen LogP contribution < -0.4 is 14.8 Å². The fourth-order valence-corrected chi connectivity index (χ4v) is 2.49. The summed E-state index contributed by atoms with van der Waals surface area (Å²) in [6.45, 7) is 2.97. The van der Waals surface area contributed by atoms with E-state index in [1.54, 1.807) is 24.0 Å². The highest BCUT2D eigenvalue weighted by molar-refractivity contribution is 5.77. The number of hydrogen-bond acceptors (Lipinski definition) is 5. The van der Waals surface area contributed by atoms with Crippen molar-refractivity contribution in [2.75, 3.05) is 52.3 Å². The lowest BCUT2D eigenvalue weighted by Crippen LogP contribution is -2.48. The van der Waals surface area contributed by atoms with E-state index >= 15 is 0 Å². The van der Waals surface area contributed by atoms with E-state index < -0.39 is 0 Å². The van der Waals surface area contributed by atoms with Crippen molar-refractivity contribution in [3.8, 4) is 11.5 Å². The van der Waals surface area contributed by atoms with Crippen LogP contribution in [-0.2, 0) is 9.59 Å². The van der Waals surface area contributed by atoms with Gasteiger partial charge in [0.05, 0.1) is 14.2 Å². The molecule has 0 aliphatic carbocycles. The van der Waals surface area contributed by atoms with Crippen LogP contribution in [0.1, 0.15) is 6.42 Å². The summed E-state index contributed by atoms with van der Waals surface area (Å²) < 4.78 is 10.4. The molecule has 1 heterocycles. The molecule has 1 aliphatic heterocycles. The Bertz CT molecular complexity index is 542. The summed E-state index contributed by atoms with van der Waals surface area (Å²) in [4.78, 5) is 26.3. The molecule has 1 aliphatic rings. The number of piperazine rings is 1. The number of ether oxygens (including phenoxy) is 2. The van der Waals surface area contributed by atoms with Gasteiger partial charge in [-0.2, -0.15) is 0 Å². The minimum atomic E-state index is 0.100. The predicted octanol–water partition coefficient (Wildman–Crippen LogP) is 0.806. The molecule has 1 aromatic rings. The van der Waals surface area contributed by atoms with Crippen LogP contribution in [0.3, 0.4) is 0 Å². The lowest BCUT2D eigenvalue weighted by molar-refractivity contribution is -0.134. The number of amides is 2. The van der Waals surface area contributed by atoms with Gasteiger partial charge in [0, 0.05) is 50.9 Å².